The first-order chi connectivity index (χ1) is 15.5. The predicted octanol–water partition coefficient (Wildman–Crippen LogP) is 2.03. The molecule has 2 amide bonds. The van der Waals surface area contributed by atoms with E-state index in [4.69, 9.17) is 0 Å². The van der Waals surface area contributed by atoms with Crippen molar-refractivity contribution in [2.45, 2.75) is 51.7 Å². The minimum atomic E-state index is 0. The molecule has 1 saturated heterocycles. The lowest BCUT2D eigenvalue weighted by Crippen LogP contribution is -2.50. The van der Waals surface area contributed by atoms with Crippen LogP contribution in [0.2, 0.25) is 0 Å². The van der Waals surface area contributed by atoms with Gasteiger partial charge in [-0.25, -0.2) is 0 Å². The number of nitrogens with one attached hydrogen (secondary N) is 2. The largest absolute Gasteiger partial charge is 0.357 e. The summed E-state index contributed by atoms with van der Waals surface area (Å²) in [5.74, 6) is 1.17. The molecule has 2 N–H and O–H groups in total. The van der Waals surface area contributed by atoms with E-state index in [9.17, 15) is 9.59 Å². The van der Waals surface area contributed by atoms with Crippen LogP contribution in [0.15, 0.2) is 29.3 Å². The highest BCUT2D eigenvalue weighted by Crippen LogP contribution is 2.22. The van der Waals surface area contributed by atoms with Crippen LogP contribution in [0.1, 0.15) is 43.7 Å². The Balaban J connectivity index is 0.00000385. The number of likely N-dealkylation sites (tertiary alicyclic amines) is 1. The summed E-state index contributed by atoms with van der Waals surface area (Å²) in [4.78, 5) is 35.0. The molecule has 8 nitrogen and oxygen atoms in total. The number of likely N-dealkylation sites (N-methyl/N-ethyl adjacent to an activating group) is 1. The Labute approximate surface area is 215 Å². The number of amides is 2. The summed E-state index contributed by atoms with van der Waals surface area (Å²) < 4.78 is 0. The maximum atomic E-state index is 12.6. The van der Waals surface area contributed by atoms with Crippen molar-refractivity contribution in [2.75, 3.05) is 46.8 Å². The first-order valence-electron chi connectivity index (χ1n) is 11.8. The van der Waals surface area contributed by atoms with E-state index in [2.05, 4.69) is 39.6 Å². The normalized spacial score (nSPS) is 16.7. The Kier molecular flexibility index (Phi) is 11.4. The SMILES string of the molecule is CCNC(=NCCCC(=O)N1Cc2ccccc2C1)NC1CCN(CC(=O)N(C)C)CC1.I. The number of carbonyl (C=O) groups excluding carboxylic acids is 2. The summed E-state index contributed by atoms with van der Waals surface area (Å²) in [5.41, 5.74) is 2.52. The van der Waals surface area contributed by atoms with Gasteiger partial charge in [-0.05, 0) is 37.3 Å². The second-order valence-electron chi connectivity index (χ2n) is 8.87. The number of nitrogens with zero attached hydrogens (tertiary/aromatic N) is 4. The minimum Gasteiger partial charge on any atom is -0.357 e. The number of carbonyl (C=O) groups is 2. The Bertz CT molecular complexity index is 783. The van der Waals surface area contributed by atoms with Crippen LogP contribution in [0.4, 0.5) is 0 Å². The zero-order valence-electron chi connectivity index (χ0n) is 20.2. The molecule has 2 aliphatic rings. The molecular formula is C24H39IN6O2. The standard InChI is InChI=1S/C24H38N6O2.HI/c1-4-25-24(27-21-11-14-29(15-12-21)18-23(32)28(2)3)26-13-7-10-22(31)30-16-19-8-5-6-9-20(19)17-30;/h5-6,8-9,21H,4,7,10-18H2,1-3H3,(H2,25,26,27);1H. The average molecular weight is 571 g/mol. The van der Waals surface area contributed by atoms with Gasteiger partial charge in [-0.15, -0.1) is 24.0 Å². The lowest BCUT2D eigenvalue weighted by Gasteiger charge is -2.33. The van der Waals surface area contributed by atoms with Crippen LogP contribution in [-0.2, 0) is 22.7 Å². The smallest absolute Gasteiger partial charge is 0.236 e. The second-order valence-corrected chi connectivity index (χ2v) is 8.87. The number of hydrogen-bond donors (Lipinski definition) is 2. The molecule has 0 unspecified atom stereocenters. The van der Waals surface area contributed by atoms with Gasteiger partial charge < -0.3 is 20.4 Å². The molecule has 1 aromatic carbocycles. The molecule has 184 valence electrons. The van der Waals surface area contributed by atoms with Crippen molar-refractivity contribution in [2.24, 2.45) is 4.99 Å². The van der Waals surface area contributed by atoms with Crippen LogP contribution in [0.25, 0.3) is 0 Å². The van der Waals surface area contributed by atoms with Gasteiger partial charge in [-0.3, -0.25) is 19.5 Å². The van der Waals surface area contributed by atoms with Gasteiger partial charge in [0, 0.05) is 65.8 Å². The number of fused-ring (bicyclic) bond motifs is 1. The van der Waals surface area contributed by atoms with Gasteiger partial charge in [0.2, 0.25) is 11.8 Å². The Morgan fingerprint density at radius 2 is 1.76 bits per heavy atom. The number of rotatable bonds is 8. The number of halogens is 1. The lowest BCUT2D eigenvalue weighted by molar-refractivity contribution is -0.132. The highest BCUT2D eigenvalue weighted by molar-refractivity contribution is 14.0. The van der Waals surface area contributed by atoms with Crippen molar-refractivity contribution in [3.05, 3.63) is 35.4 Å². The fraction of sp³-hybridized carbons (Fsp3) is 0.625. The third-order valence-corrected chi connectivity index (χ3v) is 6.14. The molecule has 0 saturated carbocycles. The monoisotopic (exact) mass is 570 g/mol. The molecule has 0 aromatic heterocycles. The third kappa shape index (κ3) is 8.44. The Morgan fingerprint density at radius 3 is 2.33 bits per heavy atom. The van der Waals surface area contributed by atoms with Crippen molar-refractivity contribution in [1.82, 2.24) is 25.3 Å². The first-order valence-corrected chi connectivity index (χ1v) is 11.8. The van der Waals surface area contributed by atoms with Crippen LogP contribution < -0.4 is 10.6 Å². The van der Waals surface area contributed by atoms with E-state index in [-0.39, 0.29) is 35.8 Å². The van der Waals surface area contributed by atoms with Crippen LogP contribution >= 0.6 is 24.0 Å². The van der Waals surface area contributed by atoms with Crippen molar-refractivity contribution >= 4 is 41.8 Å². The van der Waals surface area contributed by atoms with E-state index in [1.807, 2.05) is 17.0 Å². The minimum absolute atomic E-state index is 0. The summed E-state index contributed by atoms with van der Waals surface area (Å²) in [6, 6.07) is 8.62. The van der Waals surface area contributed by atoms with E-state index < -0.39 is 0 Å². The molecular weight excluding hydrogens is 531 g/mol. The number of benzene rings is 1. The summed E-state index contributed by atoms with van der Waals surface area (Å²) in [5, 5.41) is 6.84. The quantitative estimate of drug-likeness (QED) is 0.217. The molecule has 0 aliphatic carbocycles. The topological polar surface area (TPSA) is 80.3 Å². The van der Waals surface area contributed by atoms with Gasteiger partial charge in [-0.2, -0.15) is 0 Å². The van der Waals surface area contributed by atoms with Crippen molar-refractivity contribution < 1.29 is 9.59 Å². The first kappa shape index (κ1) is 27.4. The van der Waals surface area contributed by atoms with E-state index >= 15 is 0 Å². The average Bonchev–Trinajstić information content (AvgIpc) is 3.22. The molecule has 1 aromatic rings. The van der Waals surface area contributed by atoms with E-state index in [0.717, 1.165) is 57.9 Å². The number of guanidine groups is 1. The lowest BCUT2D eigenvalue weighted by atomic mass is 10.1. The van der Waals surface area contributed by atoms with Gasteiger partial charge >= 0.3 is 0 Å². The van der Waals surface area contributed by atoms with Gasteiger partial charge in [0.1, 0.15) is 0 Å². The van der Waals surface area contributed by atoms with Gasteiger partial charge in [0.25, 0.3) is 0 Å². The molecule has 1 fully saturated rings. The summed E-state index contributed by atoms with van der Waals surface area (Å²) in [6.45, 7) is 7.23. The zero-order valence-corrected chi connectivity index (χ0v) is 22.5. The second kappa shape index (κ2) is 13.7. The van der Waals surface area contributed by atoms with Gasteiger partial charge in [0.15, 0.2) is 5.96 Å². The van der Waals surface area contributed by atoms with Crippen LogP contribution in [0.5, 0.6) is 0 Å². The van der Waals surface area contributed by atoms with Crippen molar-refractivity contribution in [3.63, 3.8) is 0 Å². The Morgan fingerprint density at radius 1 is 1.12 bits per heavy atom. The van der Waals surface area contributed by atoms with Gasteiger partial charge in [0.05, 0.1) is 6.54 Å². The summed E-state index contributed by atoms with van der Waals surface area (Å²) in [7, 11) is 3.60. The third-order valence-electron chi connectivity index (χ3n) is 6.14. The zero-order chi connectivity index (χ0) is 22.9. The highest BCUT2D eigenvalue weighted by Gasteiger charge is 2.23. The van der Waals surface area contributed by atoms with E-state index in [1.54, 1.807) is 19.0 Å². The summed E-state index contributed by atoms with van der Waals surface area (Å²) >= 11 is 0. The molecule has 9 heteroatoms. The fourth-order valence-corrected chi connectivity index (χ4v) is 4.17. The number of piperidine rings is 1. The van der Waals surface area contributed by atoms with Gasteiger partial charge in [-0.1, -0.05) is 24.3 Å². The highest BCUT2D eigenvalue weighted by atomic mass is 127. The van der Waals surface area contributed by atoms with E-state index in [0.29, 0.717) is 25.6 Å². The van der Waals surface area contributed by atoms with Crippen molar-refractivity contribution in [3.8, 4) is 0 Å². The molecule has 0 radical (unpaired) electrons. The molecule has 0 atom stereocenters. The Hall–Kier alpha value is -1.88. The molecule has 0 spiro atoms. The maximum absolute atomic E-state index is 12.6. The van der Waals surface area contributed by atoms with E-state index in [1.165, 1.54) is 11.1 Å². The number of aliphatic imine (C=N–C) groups is 1. The van der Waals surface area contributed by atoms with Crippen LogP contribution in [0, 0.1) is 0 Å². The molecule has 33 heavy (non-hydrogen) atoms. The molecule has 3 rings (SSSR count). The van der Waals surface area contributed by atoms with Crippen LogP contribution in [0.3, 0.4) is 0 Å². The summed E-state index contributed by atoms with van der Waals surface area (Å²) in [6.07, 6.45) is 3.24. The molecule has 0 bridgehead atoms. The maximum Gasteiger partial charge on any atom is 0.236 e. The van der Waals surface area contributed by atoms with Crippen molar-refractivity contribution in [1.29, 1.82) is 0 Å². The predicted molar refractivity (Wildman–Crippen MR) is 143 cm³/mol. The van der Waals surface area contributed by atoms with Crippen LogP contribution in [-0.4, -0.2) is 85.3 Å². The number of hydrogen-bond acceptors (Lipinski definition) is 4. The molecule has 2 heterocycles. The molecule has 2 aliphatic heterocycles. The fourth-order valence-electron chi connectivity index (χ4n) is 4.17.